The van der Waals surface area contributed by atoms with E-state index in [1.807, 2.05) is 32.9 Å². The van der Waals surface area contributed by atoms with Gasteiger partial charge in [0, 0.05) is 0 Å². The predicted octanol–water partition coefficient (Wildman–Crippen LogP) is 1.72. The summed E-state index contributed by atoms with van der Waals surface area (Å²) >= 11 is 0. The van der Waals surface area contributed by atoms with Gasteiger partial charge in [0.15, 0.2) is 0 Å². The van der Waals surface area contributed by atoms with Crippen LogP contribution in [0.25, 0.3) is 0 Å². The summed E-state index contributed by atoms with van der Waals surface area (Å²) in [5, 5.41) is 2.80. The molecule has 1 amide bonds. The van der Waals surface area contributed by atoms with Crippen LogP contribution >= 0.6 is 0 Å². The van der Waals surface area contributed by atoms with E-state index in [0.29, 0.717) is 19.4 Å². The van der Waals surface area contributed by atoms with E-state index in [4.69, 9.17) is 10.2 Å². The maximum absolute atomic E-state index is 11.8. The SMILES string of the molecule is CCC(N)(CC)C(=O)NCc1ccc(C)o1. The molecule has 90 valence electrons. The number of furan rings is 1. The van der Waals surface area contributed by atoms with E-state index in [1.165, 1.54) is 0 Å². The second-order valence-corrected chi connectivity index (χ2v) is 4.06. The lowest BCUT2D eigenvalue weighted by Gasteiger charge is -2.24. The molecule has 4 heteroatoms. The molecular weight excluding hydrogens is 204 g/mol. The Morgan fingerprint density at radius 3 is 2.50 bits per heavy atom. The highest BCUT2D eigenvalue weighted by Gasteiger charge is 2.29. The molecule has 16 heavy (non-hydrogen) atoms. The van der Waals surface area contributed by atoms with Crippen LogP contribution in [-0.4, -0.2) is 11.4 Å². The molecule has 0 aliphatic rings. The normalized spacial score (nSPS) is 11.5. The molecule has 4 nitrogen and oxygen atoms in total. The van der Waals surface area contributed by atoms with Crippen molar-refractivity contribution in [2.45, 2.75) is 45.7 Å². The van der Waals surface area contributed by atoms with Crippen molar-refractivity contribution in [3.8, 4) is 0 Å². The van der Waals surface area contributed by atoms with Crippen LogP contribution in [0.15, 0.2) is 16.5 Å². The Morgan fingerprint density at radius 1 is 1.44 bits per heavy atom. The Kier molecular flexibility index (Phi) is 4.12. The van der Waals surface area contributed by atoms with Gasteiger partial charge in [-0.1, -0.05) is 13.8 Å². The van der Waals surface area contributed by atoms with Gasteiger partial charge in [0.2, 0.25) is 5.91 Å². The van der Waals surface area contributed by atoms with Gasteiger partial charge in [-0.15, -0.1) is 0 Å². The van der Waals surface area contributed by atoms with Crippen LogP contribution in [0, 0.1) is 6.92 Å². The largest absolute Gasteiger partial charge is 0.465 e. The molecule has 3 N–H and O–H groups in total. The van der Waals surface area contributed by atoms with Crippen molar-refractivity contribution in [1.82, 2.24) is 5.32 Å². The highest BCUT2D eigenvalue weighted by atomic mass is 16.3. The van der Waals surface area contributed by atoms with Gasteiger partial charge in [0.05, 0.1) is 12.1 Å². The van der Waals surface area contributed by atoms with Gasteiger partial charge < -0.3 is 15.5 Å². The topological polar surface area (TPSA) is 68.3 Å². The zero-order chi connectivity index (χ0) is 12.2. The van der Waals surface area contributed by atoms with Gasteiger partial charge in [-0.25, -0.2) is 0 Å². The standard InChI is InChI=1S/C12H20N2O2/c1-4-12(13,5-2)11(15)14-8-10-7-6-9(3)16-10/h6-7H,4-5,8,13H2,1-3H3,(H,14,15). The third kappa shape index (κ3) is 2.85. The molecule has 0 fully saturated rings. The molecule has 0 bridgehead atoms. The van der Waals surface area contributed by atoms with Crippen LogP contribution in [0.4, 0.5) is 0 Å². The first kappa shape index (κ1) is 12.8. The van der Waals surface area contributed by atoms with Gasteiger partial charge in [-0.2, -0.15) is 0 Å². The van der Waals surface area contributed by atoms with Crippen molar-refractivity contribution in [3.63, 3.8) is 0 Å². The Hall–Kier alpha value is -1.29. The van der Waals surface area contributed by atoms with Crippen molar-refractivity contribution >= 4 is 5.91 Å². The van der Waals surface area contributed by atoms with Crippen LogP contribution < -0.4 is 11.1 Å². The third-order valence-electron chi connectivity index (χ3n) is 2.93. The molecule has 1 aromatic heterocycles. The zero-order valence-electron chi connectivity index (χ0n) is 10.2. The first-order valence-corrected chi connectivity index (χ1v) is 5.64. The van der Waals surface area contributed by atoms with E-state index in [9.17, 15) is 4.79 Å². The molecule has 0 aliphatic carbocycles. The van der Waals surface area contributed by atoms with Crippen molar-refractivity contribution in [2.24, 2.45) is 5.73 Å². The monoisotopic (exact) mass is 224 g/mol. The number of carbonyl (C=O) groups excluding carboxylic acids is 1. The minimum Gasteiger partial charge on any atom is -0.465 e. The minimum atomic E-state index is -0.762. The lowest BCUT2D eigenvalue weighted by atomic mass is 9.93. The lowest BCUT2D eigenvalue weighted by molar-refractivity contribution is -0.126. The van der Waals surface area contributed by atoms with Crippen LogP contribution in [0.5, 0.6) is 0 Å². The fourth-order valence-electron chi connectivity index (χ4n) is 1.49. The van der Waals surface area contributed by atoms with Gasteiger partial charge in [0.25, 0.3) is 0 Å². The predicted molar refractivity (Wildman–Crippen MR) is 62.8 cm³/mol. The van der Waals surface area contributed by atoms with Gasteiger partial charge in [-0.3, -0.25) is 4.79 Å². The Bertz CT molecular complexity index is 354. The zero-order valence-corrected chi connectivity index (χ0v) is 10.2. The molecule has 0 radical (unpaired) electrons. The molecule has 1 rings (SSSR count). The van der Waals surface area contributed by atoms with Crippen molar-refractivity contribution in [2.75, 3.05) is 0 Å². The van der Waals surface area contributed by atoms with Crippen LogP contribution in [0.1, 0.15) is 38.2 Å². The first-order valence-electron chi connectivity index (χ1n) is 5.64. The highest BCUT2D eigenvalue weighted by Crippen LogP contribution is 2.12. The Morgan fingerprint density at radius 2 is 2.06 bits per heavy atom. The quantitative estimate of drug-likeness (QED) is 0.800. The molecule has 0 saturated carbocycles. The molecular formula is C12H20N2O2. The molecule has 0 atom stereocenters. The van der Waals surface area contributed by atoms with Crippen LogP contribution in [0.3, 0.4) is 0 Å². The molecule has 1 heterocycles. The summed E-state index contributed by atoms with van der Waals surface area (Å²) in [7, 11) is 0. The van der Waals surface area contributed by atoms with Gasteiger partial charge >= 0.3 is 0 Å². The molecule has 1 aromatic rings. The van der Waals surface area contributed by atoms with Gasteiger partial charge in [-0.05, 0) is 31.9 Å². The number of aryl methyl sites for hydroxylation is 1. The van der Waals surface area contributed by atoms with E-state index >= 15 is 0 Å². The fourth-order valence-corrected chi connectivity index (χ4v) is 1.49. The van der Waals surface area contributed by atoms with Crippen LogP contribution in [0.2, 0.25) is 0 Å². The second-order valence-electron chi connectivity index (χ2n) is 4.06. The smallest absolute Gasteiger partial charge is 0.240 e. The Labute approximate surface area is 96.2 Å². The molecule has 0 spiro atoms. The second kappa shape index (κ2) is 5.16. The number of carbonyl (C=O) groups is 1. The van der Waals surface area contributed by atoms with Crippen molar-refractivity contribution in [1.29, 1.82) is 0 Å². The Balaban J connectivity index is 2.52. The molecule has 0 aliphatic heterocycles. The summed E-state index contributed by atoms with van der Waals surface area (Å²) in [6.07, 6.45) is 1.26. The highest BCUT2D eigenvalue weighted by molar-refractivity contribution is 5.85. The lowest BCUT2D eigenvalue weighted by Crippen LogP contribution is -2.52. The average molecular weight is 224 g/mol. The van der Waals surface area contributed by atoms with Crippen molar-refractivity contribution in [3.05, 3.63) is 23.7 Å². The molecule has 0 unspecified atom stereocenters. The maximum Gasteiger partial charge on any atom is 0.240 e. The summed E-state index contributed by atoms with van der Waals surface area (Å²) in [5.74, 6) is 1.47. The number of nitrogens with one attached hydrogen (secondary N) is 1. The first-order chi connectivity index (χ1) is 7.51. The van der Waals surface area contributed by atoms with Crippen molar-refractivity contribution < 1.29 is 9.21 Å². The van der Waals surface area contributed by atoms with E-state index in [1.54, 1.807) is 0 Å². The molecule has 0 aromatic carbocycles. The van der Waals surface area contributed by atoms with Crippen LogP contribution in [-0.2, 0) is 11.3 Å². The third-order valence-corrected chi connectivity index (χ3v) is 2.93. The van der Waals surface area contributed by atoms with Gasteiger partial charge in [0.1, 0.15) is 11.5 Å². The minimum absolute atomic E-state index is 0.119. The van der Waals surface area contributed by atoms with E-state index in [2.05, 4.69) is 5.32 Å². The summed E-state index contributed by atoms with van der Waals surface area (Å²) in [5.41, 5.74) is 5.20. The maximum atomic E-state index is 11.8. The number of hydrogen-bond acceptors (Lipinski definition) is 3. The number of hydrogen-bond donors (Lipinski definition) is 2. The summed E-state index contributed by atoms with van der Waals surface area (Å²) in [4.78, 5) is 11.8. The summed E-state index contributed by atoms with van der Waals surface area (Å²) < 4.78 is 5.36. The number of nitrogens with two attached hydrogens (primary N) is 1. The van der Waals surface area contributed by atoms with E-state index in [-0.39, 0.29) is 5.91 Å². The summed E-state index contributed by atoms with van der Waals surface area (Å²) in [6.45, 7) is 6.10. The average Bonchev–Trinajstić information content (AvgIpc) is 2.70. The number of rotatable bonds is 5. The molecule has 0 saturated heterocycles. The number of amides is 1. The summed E-state index contributed by atoms with van der Waals surface area (Å²) in [6, 6.07) is 3.72. The van der Waals surface area contributed by atoms with E-state index < -0.39 is 5.54 Å². The van der Waals surface area contributed by atoms with E-state index in [0.717, 1.165) is 11.5 Å². The fraction of sp³-hybridized carbons (Fsp3) is 0.583.